The van der Waals surface area contributed by atoms with Gasteiger partial charge in [-0.3, -0.25) is 4.79 Å². The second-order valence-electron chi connectivity index (χ2n) is 8.53. The fourth-order valence-electron chi connectivity index (χ4n) is 4.12. The predicted molar refractivity (Wildman–Crippen MR) is 137 cm³/mol. The number of fused-ring (bicyclic) bond motifs is 1. The van der Waals surface area contributed by atoms with E-state index in [1.165, 1.54) is 16.9 Å². The molecule has 5 rings (SSSR count). The van der Waals surface area contributed by atoms with Crippen molar-refractivity contribution in [2.75, 3.05) is 0 Å². The summed E-state index contributed by atoms with van der Waals surface area (Å²) in [6.07, 6.45) is 4.14. The van der Waals surface area contributed by atoms with Gasteiger partial charge >= 0.3 is 0 Å². The highest BCUT2D eigenvalue weighted by Crippen LogP contribution is 2.38. The molecule has 0 fully saturated rings. The molecule has 0 radical (unpaired) electrons. The van der Waals surface area contributed by atoms with Crippen molar-refractivity contribution in [3.8, 4) is 16.7 Å². The van der Waals surface area contributed by atoms with E-state index in [2.05, 4.69) is 22.4 Å². The Kier molecular flexibility index (Phi) is 7.07. The van der Waals surface area contributed by atoms with E-state index in [4.69, 9.17) is 15.2 Å². The minimum Gasteiger partial charge on any atom is -0.485 e. The number of nitrogens with two attached hydrogens (primary N) is 1. The molecular formula is C28H27N3O3S. The molecule has 1 amide bonds. The largest absolute Gasteiger partial charge is 0.485 e. The fourth-order valence-corrected chi connectivity index (χ4v) is 4.83. The number of carbonyl (C=O) groups excluding carboxylic acids is 1. The van der Waals surface area contributed by atoms with Crippen LogP contribution in [0.15, 0.2) is 85.1 Å². The number of rotatable bonds is 8. The average molecular weight is 486 g/mol. The van der Waals surface area contributed by atoms with E-state index in [9.17, 15) is 4.79 Å². The standard InChI is InChI=1S/C28H27N3O3S/c29-24(15-19-7-3-1-4-8-19)27(32)30-17-23-18-31-28(35-23)33-22-12-14-26-21(16-22)11-13-25(34-26)20-9-5-2-6-10-20/h1-10,12,14,16,18,24-25H,11,13,15,17,29H2,(H,30,32)/t24-,25-/m0/s1. The van der Waals surface area contributed by atoms with Gasteiger partial charge in [-0.15, -0.1) is 0 Å². The van der Waals surface area contributed by atoms with Gasteiger partial charge in [-0.25, -0.2) is 4.98 Å². The summed E-state index contributed by atoms with van der Waals surface area (Å²) in [7, 11) is 0. The van der Waals surface area contributed by atoms with Crippen LogP contribution >= 0.6 is 11.3 Å². The van der Waals surface area contributed by atoms with Crippen LogP contribution in [0.25, 0.3) is 0 Å². The highest BCUT2D eigenvalue weighted by Gasteiger charge is 2.22. The molecule has 7 heteroatoms. The van der Waals surface area contributed by atoms with Gasteiger partial charge in [0, 0.05) is 11.1 Å². The number of hydrogen-bond acceptors (Lipinski definition) is 6. The van der Waals surface area contributed by atoms with Crippen LogP contribution in [0.4, 0.5) is 0 Å². The second-order valence-corrected chi connectivity index (χ2v) is 9.61. The molecule has 6 nitrogen and oxygen atoms in total. The van der Waals surface area contributed by atoms with Gasteiger partial charge in [0.2, 0.25) is 5.91 Å². The van der Waals surface area contributed by atoms with E-state index in [1.807, 2.05) is 66.7 Å². The Labute approximate surface area is 208 Å². The lowest BCUT2D eigenvalue weighted by Crippen LogP contribution is -2.41. The summed E-state index contributed by atoms with van der Waals surface area (Å²) < 4.78 is 12.2. The van der Waals surface area contributed by atoms with Crippen LogP contribution in [-0.4, -0.2) is 16.9 Å². The van der Waals surface area contributed by atoms with Gasteiger partial charge in [0.05, 0.1) is 12.6 Å². The van der Waals surface area contributed by atoms with Gasteiger partial charge in [0.15, 0.2) is 0 Å². The van der Waals surface area contributed by atoms with Crippen LogP contribution in [0.2, 0.25) is 0 Å². The first kappa shape index (κ1) is 23.1. The number of hydrogen-bond donors (Lipinski definition) is 2. The van der Waals surface area contributed by atoms with E-state index in [1.54, 1.807) is 6.20 Å². The third-order valence-corrected chi connectivity index (χ3v) is 6.83. The van der Waals surface area contributed by atoms with Crippen molar-refractivity contribution >= 4 is 17.2 Å². The number of carbonyl (C=O) groups is 1. The Morgan fingerprint density at radius 2 is 1.89 bits per heavy atom. The van der Waals surface area contributed by atoms with Crippen molar-refractivity contribution in [1.29, 1.82) is 0 Å². The van der Waals surface area contributed by atoms with E-state index in [0.29, 0.717) is 18.2 Å². The zero-order chi connectivity index (χ0) is 24.0. The van der Waals surface area contributed by atoms with Gasteiger partial charge in [0.25, 0.3) is 5.19 Å². The van der Waals surface area contributed by atoms with Gasteiger partial charge < -0.3 is 20.5 Å². The smallest absolute Gasteiger partial charge is 0.278 e. The SMILES string of the molecule is N[C@@H](Cc1ccccc1)C(=O)NCc1cnc(Oc2ccc3c(c2)CC[C@@H](c2ccccc2)O3)s1. The summed E-state index contributed by atoms with van der Waals surface area (Å²) >= 11 is 1.40. The minimum absolute atomic E-state index is 0.0769. The fraction of sp³-hybridized carbons (Fsp3) is 0.214. The molecule has 1 aromatic heterocycles. The molecule has 4 aromatic rings. The molecule has 178 valence electrons. The number of aromatic nitrogens is 1. The predicted octanol–water partition coefficient (Wildman–Crippen LogP) is 5.19. The van der Waals surface area contributed by atoms with Crippen LogP contribution in [0, 0.1) is 0 Å². The number of benzene rings is 3. The van der Waals surface area contributed by atoms with Crippen molar-refractivity contribution in [1.82, 2.24) is 10.3 Å². The molecule has 0 saturated carbocycles. The topological polar surface area (TPSA) is 86.5 Å². The third-order valence-electron chi connectivity index (χ3n) is 5.96. The monoisotopic (exact) mass is 485 g/mol. The Bertz CT molecular complexity index is 1280. The van der Waals surface area contributed by atoms with E-state index >= 15 is 0 Å². The van der Waals surface area contributed by atoms with Crippen molar-refractivity contribution in [2.45, 2.75) is 38.0 Å². The van der Waals surface area contributed by atoms with Crippen LogP contribution in [0.1, 0.15) is 34.1 Å². The molecule has 0 spiro atoms. The van der Waals surface area contributed by atoms with Crippen LogP contribution in [0.5, 0.6) is 16.7 Å². The first-order valence-electron chi connectivity index (χ1n) is 11.7. The lowest BCUT2D eigenvalue weighted by Gasteiger charge is -2.26. The molecular weight excluding hydrogens is 458 g/mol. The highest BCUT2D eigenvalue weighted by molar-refractivity contribution is 7.13. The Morgan fingerprint density at radius 3 is 2.69 bits per heavy atom. The molecule has 1 aliphatic heterocycles. The summed E-state index contributed by atoms with van der Waals surface area (Å²) in [5.41, 5.74) is 9.42. The van der Waals surface area contributed by atoms with Gasteiger partial charge in [0.1, 0.15) is 17.6 Å². The molecule has 2 atom stereocenters. The molecule has 3 N–H and O–H groups in total. The molecule has 1 aliphatic rings. The normalized spacial score (nSPS) is 15.5. The van der Waals surface area contributed by atoms with Crippen LogP contribution in [-0.2, 0) is 24.2 Å². The minimum atomic E-state index is -0.597. The first-order chi connectivity index (χ1) is 17.1. The van der Waals surface area contributed by atoms with Crippen LogP contribution < -0.4 is 20.5 Å². The summed E-state index contributed by atoms with van der Waals surface area (Å²) in [4.78, 5) is 17.6. The number of amides is 1. The quantitative estimate of drug-likeness (QED) is 0.359. The maximum atomic E-state index is 12.4. The molecule has 2 heterocycles. The zero-order valence-electron chi connectivity index (χ0n) is 19.2. The Hall–Kier alpha value is -3.68. The molecule has 3 aromatic carbocycles. The molecule has 0 saturated heterocycles. The number of aryl methyl sites for hydroxylation is 1. The van der Waals surface area contributed by atoms with Crippen molar-refractivity contribution in [2.24, 2.45) is 5.73 Å². The number of thiazole rings is 1. The number of ether oxygens (including phenoxy) is 2. The van der Waals surface area contributed by atoms with Crippen LogP contribution in [0.3, 0.4) is 0 Å². The Balaban J connectivity index is 1.14. The summed E-state index contributed by atoms with van der Waals surface area (Å²) in [5, 5.41) is 3.42. The molecule has 0 bridgehead atoms. The maximum Gasteiger partial charge on any atom is 0.278 e. The van der Waals surface area contributed by atoms with E-state index in [-0.39, 0.29) is 12.0 Å². The number of nitrogens with one attached hydrogen (secondary N) is 1. The summed E-state index contributed by atoms with van der Waals surface area (Å²) in [5.74, 6) is 1.43. The van der Waals surface area contributed by atoms with Crippen molar-refractivity contribution in [3.05, 3.63) is 107 Å². The molecule has 0 unspecified atom stereocenters. The highest BCUT2D eigenvalue weighted by atomic mass is 32.1. The second kappa shape index (κ2) is 10.7. The Morgan fingerprint density at radius 1 is 1.11 bits per heavy atom. The lowest BCUT2D eigenvalue weighted by molar-refractivity contribution is -0.122. The van der Waals surface area contributed by atoms with E-state index in [0.717, 1.165) is 40.3 Å². The summed E-state index contributed by atoms with van der Waals surface area (Å²) in [6.45, 7) is 0.362. The van der Waals surface area contributed by atoms with Crippen molar-refractivity contribution < 1.29 is 14.3 Å². The zero-order valence-corrected chi connectivity index (χ0v) is 20.0. The lowest BCUT2D eigenvalue weighted by atomic mass is 9.97. The molecule has 0 aliphatic carbocycles. The third kappa shape index (κ3) is 5.88. The van der Waals surface area contributed by atoms with Gasteiger partial charge in [-0.1, -0.05) is 72.0 Å². The maximum absolute atomic E-state index is 12.4. The first-order valence-corrected chi connectivity index (χ1v) is 12.5. The summed E-state index contributed by atoms with van der Waals surface area (Å²) in [6, 6.07) is 25.3. The average Bonchev–Trinajstić information content (AvgIpc) is 3.35. The van der Waals surface area contributed by atoms with E-state index < -0.39 is 6.04 Å². The number of nitrogens with zero attached hydrogens (tertiary/aromatic N) is 1. The van der Waals surface area contributed by atoms with Gasteiger partial charge in [-0.2, -0.15) is 0 Å². The van der Waals surface area contributed by atoms with Gasteiger partial charge in [-0.05, 0) is 54.2 Å². The van der Waals surface area contributed by atoms with Crippen molar-refractivity contribution in [3.63, 3.8) is 0 Å². The molecule has 35 heavy (non-hydrogen) atoms.